The van der Waals surface area contributed by atoms with Gasteiger partial charge in [-0.1, -0.05) is 6.07 Å². The number of pyridine rings is 1. The lowest BCUT2D eigenvalue weighted by molar-refractivity contribution is 0.0696. The van der Waals surface area contributed by atoms with Crippen LogP contribution in [0.4, 0.5) is 0 Å². The Labute approximate surface area is 163 Å². The quantitative estimate of drug-likeness (QED) is 0.499. The molecular weight excluding hydrogens is 372 g/mol. The molecule has 5 aromatic rings. The van der Waals surface area contributed by atoms with Crippen molar-refractivity contribution in [2.75, 3.05) is 7.11 Å². The average molecular weight is 386 g/mol. The molecule has 0 unspecified atom stereocenters. The summed E-state index contributed by atoms with van der Waals surface area (Å²) in [7, 11) is 1.61. The highest BCUT2D eigenvalue weighted by Crippen LogP contribution is 2.33. The maximum atomic E-state index is 11.5. The molecule has 0 fully saturated rings. The van der Waals surface area contributed by atoms with Crippen molar-refractivity contribution in [1.29, 1.82) is 0 Å². The topological polar surface area (TPSA) is 103 Å². The van der Waals surface area contributed by atoms with Crippen LogP contribution in [0.25, 0.3) is 38.9 Å². The van der Waals surface area contributed by atoms with E-state index in [1.54, 1.807) is 13.2 Å². The molecule has 3 aromatic heterocycles. The van der Waals surface area contributed by atoms with E-state index in [0.29, 0.717) is 16.7 Å². The van der Waals surface area contributed by atoms with Crippen LogP contribution in [-0.2, 0) is 0 Å². The summed E-state index contributed by atoms with van der Waals surface area (Å²) in [4.78, 5) is 15.9. The van der Waals surface area contributed by atoms with E-state index >= 15 is 0 Å². The zero-order valence-electron chi connectivity index (χ0n) is 15.2. The van der Waals surface area contributed by atoms with Crippen molar-refractivity contribution in [1.82, 2.24) is 19.9 Å². The van der Waals surface area contributed by atoms with Gasteiger partial charge < -0.3 is 14.4 Å². The van der Waals surface area contributed by atoms with E-state index in [2.05, 4.69) is 15.3 Å². The van der Waals surface area contributed by atoms with Gasteiger partial charge in [0.15, 0.2) is 0 Å². The molecule has 3 heterocycles. The van der Waals surface area contributed by atoms with Crippen LogP contribution < -0.4 is 4.74 Å². The van der Waals surface area contributed by atoms with E-state index in [4.69, 9.17) is 9.37 Å². The molecule has 0 saturated heterocycles. The Morgan fingerprint density at radius 3 is 2.62 bits per heavy atom. The fourth-order valence-electron chi connectivity index (χ4n) is 3.34. The van der Waals surface area contributed by atoms with Gasteiger partial charge in [-0.15, -0.1) is 0 Å². The number of benzene rings is 2. The van der Waals surface area contributed by atoms with Crippen molar-refractivity contribution in [2.45, 2.75) is 0 Å². The van der Waals surface area contributed by atoms with Crippen molar-refractivity contribution in [3.8, 4) is 22.6 Å². The number of hydrogen-bond acceptors (Lipinski definition) is 6. The Kier molecular flexibility index (Phi) is 3.77. The highest BCUT2D eigenvalue weighted by molar-refractivity contribution is 6.00. The number of carboxylic acid groups (broad SMARTS) is 1. The van der Waals surface area contributed by atoms with Gasteiger partial charge in [0.1, 0.15) is 22.4 Å². The Morgan fingerprint density at radius 2 is 1.86 bits per heavy atom. The third-order valence-electron chi connectivity index (χ3n) is 4.81. The van der Waals surface area contributed by atoms with E-state index in [0.717, 1.165) is 28.0 Å². The number of methoxy groups -OCH3 is 1. The Balaban J connectivity index is 1.76. The lowest BCUT2D eigenvalue weighted by Crippen LogP contribution is -1.98. The summed E-state index contributed by atoms with van der Waals surface area (Å²) in [5.74, 6) is -0.283. The predicted octanol–water partition coefficient (Wildman–Crippen LogP) is 3.94. The van der Waals surface area contributed by atoms with Crippen LogP contribution in [0.3, 0.4) is 0 Å². The third-order valence-corrected chi connectivity index (χ3v) is 4.81. The van der Waals surface area contributed by atoms with Crippen molar-refractivity contribution in [3.63, 3.8) is 0 Å². The number of aromatic carboxylic acids is 1. The van der Waals surface area contributed by atoms with Crippen LogP contribution in [0.1, 0.15) is 10.4 Å². The first kappa shape index (κ1) is 16.9. The maximum absolute atomic E-state index is 11.5. The van der Waals surface area contributed by atoms with E-state index in [-0.39, 0.29) is 5.56 Å². The van der Waals surface area contributed by atoms with Crippen LogP contribution >= 0.6 is 0 Å². The van der Waals surface area contributed by atoms with E-state index in [9.17, 15) is 9.90 Å². The zero-order valence-corrected chi connectivity index (χ0v) is 15.2. The molecule has 8 heteroatoms. The first-order valence-corrected chi connectivity index (χ1v) is 8.75. The second-order valence-electron chi connectivity index (χ2n) is 6.48. The fourth-order valence-corrected chi connectivity index (χ4v) is 3.34. The standard InChI is InChI=1S/C21H14N4O4/c1-28-15-5-3-14(4-6-15)25-11-17(12-2-7-18-19(9-12)24-29-23-18)16-8-13(21(26)27)10-22-20(16)25/h2-11H,1H3,(H,26,27). The van der Waals surface area contributed by atoms with Gasteiger partial charge in [0.25, 0.3) is 0 Å². The normalized spacial score (nSPS) is 11.2. The van der Waals surface area contributed by atoms with Crippen LogP contribution in [0.5, 0.6) is 5.75 Å². The molecule has 0 radical (unpaired) electrons. The molecule has 0 saturated carbocycles. The fraction of sp³-hybridized carbons (Fsp3) is 0.0476. The minimum Gasteiger partial charge on any atom is -0.497 e. The molecule has 0 aliphatic heterocycles. The van der Waals surface area contributed by atoms with Gasteiger partial charge in [-0.25, -0.2) is 14.4 Å². The summed E-state index contributed by atoms with van der Waals surface area (Å²) in [6.45, 7) is 0. The second-order valence-corrected chi connectivity index (χ2v) is 6.48. The maximum Gasteiger partial charge on any atom is 0.337 e. The first-order valence-electron chi connectivity index (χ1n) is 8.75. The summed E-state index contributed by atoms with van der Waals surface area (Å²) in [5, 5.41) is 17.9. The molecule has 0 aliphatic rings. The number of carbonyl (C=O) groups is 1. The highest BCUT2D eigenvalue weighted by atomic mass is 16.6. The van der Waals surface area contributed by atoms with Gasteiger partial charge in [0.2, 0.25) is 0 Å². The van der Waals surface area contributed by atoms with E-state index < -0.39 is 5.97 Å². The van der Waals surface area contributed by atoms with Crippen LogP contribution in [0.15, 0.2) is 65.6 Å². The van der Waals surface area contributed by atoms with Gasteiger partial charge in [-0.2, -0.15) is 0 Å². The molecule has 0 bridgehead atoms. The van der Waals surface area contributed by atoms with Crippen LogP contribution in [0, 0.1) is 0 Å². The molecule has 0 atom stereocenters. The number of rotatable bonds is 4. The Bertz CT molecular complexity index is 1370. The molecule has 29 heavy (non-hydrogen) atoms. The number of ether oxygens (including phenoxy) is 1. The van der Waals surface area contributed by atoms with Crippen molar-refractivity contribution >= 4 is 28.0 Å². The number of nitrogens with zero attached hydrogens (tertiary/aromatic N) is 4. The molecule has 142 valence electrons. The largest absolute Gasteiger partial charge is 0.497 e. The summed E-state index contributed by atoms with van der Waals surface area (Å²) >= 11 is 0. The van der Waals surface area contributed by atoms with Gasteiger partial charge in [-0.3, -0.25) is 0 Å². The molecule has 8 nitrogen and oxygen atoms in total. The molecule has 0 aliphatic carbocycles. The molecule has 0 spiro atoms. The summed E-state index contributed by atoms with van der Waals surface area (Å²) in [6, 6.07) is 14.7. The number of aromatic nitrogens is 4. The summed E-state index contributed by atoms with van der Waals surface area (Å²) in [5.41, 5.74) is 4.60. The van der Waals surface area contributed by atoms with Crippen LogP contribution in [0.2, 0.25) is 0 Å². The molecule has 0 amide bonds. The van der Waals surface area contributed by atoms with Crippen molar-refractivity contribution in [3.05, 3.63) is 66.5 Å². The second kappa shape index (κ2) is 6.45. The Morgan fingerprint density at radius 1 is 1.07 bits per heavy atom. The average Bonchev–Trinajstić information content (AvgIpc) is 3.37. The molecule has 2 aromatic carbocycles. The van der Waals surface area contributed by atoms with Crippen molar-refractivity contribution < 1.29 is 19.3 Å². The van der Waals surface area contributed by atoms with Crippen molar-refractivity contribution in [2.24, 2.45) is 0 Å². The third kappa shape index (κ3) is 2.78. The van der Waals surface area contributed by atoms with Crippen LogP contribution in [-0.4, -0.2) is 38.1 Å². The monoisotopic (exact) mass is 386 g/mol. The lowest BCUT2D eigenvalue weighted by atomic mass is 10.0. The SMILES string of the molecule is COc1ccc(-n2cc(-c3ccc4nonc4c3)c3cc(C(=O)O)cnc32)cc1. The molecule has 5 rings (SSSR count). The minimum atomic E-state index is -1.03. The minimum absolute atomic E-state index is 0.121. The number of hydrogen-bond donors (Lipinski definition) is 1. The van der Waals surface area contributed by atoms with E-state index in [1.165, 1.54) is 6.20 Å². The van der Waals surface area contributed by atoms with Gasteiger partial charge in [-0.05, 0) is 58.3 Å². The number of fused-ring (bicyclic) bond motifs is 2. The predicted molar refractivity (Wildman–Crippen MR) is 105 cm³/mol. The summed E-state index contributed by atoms with van der Waals surface area (Å²) in [6.07, 6.45) is 3.29. The first-order chi connectivity index (χ1) is 14.1. The molecular formula is C21H14N4O4. The Hall–Kier alpha value is -4.20. The lowest BCUT2D eigenvalue weighted by Gasteiger charge is -2.06. The van der Waals surface area contributed by atoms with Gasteiger partial charge in [0, 0.05) is 29.0 Å². The summed E-state index contributed by atoms with van der Waals surface area (Å²) < 4.78 is 11.9. The number of carboxylic acids is 1. The smallest absolute Gasteiger partial charge is 0.337 e. The van der Waals surface area contributed by atoms with Gasteiger partial charge in [0.05, 0.1) is 12.7 Å². The highest BCUT2D eigenvalue weighted by Gasteiger charge is 2.16. The van der Waals surface area contributed by atoms with Gasteiger partial charge >= 0.3 is 5.97 Å². The zero-order chi connectivity index (χ0) is 20.0. The molecule has 1 N–H and O–H groups in total. The van der Waals surface area contributed by atoms with E-state index in [1.807, 2.05) is 53.2 Å².